The fourth-order valence-electron chi connectivity index (χ4n) is 1.22. The van der Waals surface area contributed by atoms with Gasteiger partial charge in [0, 0.05) is 5.92 Å². The molecule has 1 N–H and O–H groups in total. The second-order valence-corrected chi connectivity index (χ2v) is 3.20. The van der Waals surface area contributed by atoms with Crippen molar-refractivity contribution in [2.45, 2.75) is 19.3 Å². The number of hydrogen-bond donors (Lipinski definition) is 1. The SMILES string of the molecule is CC1CC1c1nc(C(=O)O)co1. The van der Waals surface area contributed by atoms with Crippen LogP contribution in [0.15, 0.2) is 10.7 Å². The molecule has 1 aromatic heterocycles. The van der Waals surface area contributed by atoms with Gasteiger partial charge in [-0.1, -0.05) is 6.92 Å². The van der Waals surface area contributed by atoms with E-state index >= 15 is 0 Å². The van der Waals surface area contributed by atoms with Gasteiger partial charge in [-0.3, -0.25) is 0 Å². The minimum absolute atomic E-state index is 0.00380. The summed E-state index contributed by atoms with van der Waals surface area (Å²) in [5, 5.41) is 8.54. The van der Waals surface area contributed by atoms with E-state index in [-0.39, 0.29) is 5.69 Å². The first-order chi connectivity index (χ1) is 5.68. The van der Waals surface area contributed by atoms with Crippen molar-refractivity contribution >= 4 is 5.97 Å². The minimum atomic E-state index is -1.03. The van der Waals surface area contributed by atoms with Crippen LogP contribution >= 0.6 is 0 Å². The van der Waals surface area contributed by atoms with Crippen LogP contribution in [0.25, 0.3) is 0 Å². The molecule has 2 unspecified atom stereocenters. The lowest BCUT2D eigenvalue weighted by molar-refractivity contribution is 0.0690. The topological polar surface area (TPSA) is 63.3 Å². The maximum absolute atomic E-state index is 10.4. The van der Waals surface area contributed by atoms with Crippen LogP contribution in [0, 0.1) is 5.92 Å². The van der Waals surface area contributed by atoms with Crippen molar-refractivity contribution in [3.05, 3.63) is 17.8 Å². The molecule has 1 aliphatic carbocycles. The zero-order valence-corrected chi connectivity index (χ0v) is 6.65. The fraction of sp³-hybridized carbons (Fsp3) is 0.500. The number of rotatable bonds is 2. The molecule has 0 bridgehead atoms. The molecule has 0 aliphatic heterocycles. The van der Waals surface area contributed by atoms with Crippen LogP contribution < -0.4 is 0 Å². The zero-order chi connectivity index (χ0) is 8.72. The summed E-state index contributed by atoms with van der Waals surface area (Å²) < 4.78 is 5.03. The van der Waals surface area contributed by atoms with E-state index in [1.165, 1.54) is 6.26 Å². The third kappa shape index (κ3) is 1.09. The van der Waals surface area contributed by atoms with E-state index < -0.39 is 5.97 Å². The molecule has 4 nitrogen and oxygen atoms in total. The molecule has 0 spiro atoms. The van der Waals surface area contributed by atoms with Crippen LogP contribution in [0.2, 0.25) is 0 Å². The van der Waals surface area contributed by atoms with Crippen molar-refractivity contribution in [3.63, 3.8) is 0 Å². The average molecular weight is 167 g/mol. The molecule has 1 saturated carbocycles. The minimum Gasteiger partial charge on any atom is -0.476 e. The average Bonchev–Trinajstić information content (AvgIpc) is 2.59. The molecule has 1 aliphatic rings. The monoisotopic (exact) mass is 167 g/mol. The van der Waals surface area contributed by atoms with Gasteiger partial charge in [0.05, 0.1) is 0 Å². The normalized spacial score (nSPS) is 27.1. The number of carbonyl (C=O) groups is 1. The summed E-state index contributed by atoms with van der Waals surface area (Å²) in [5.74, 6) is 0.474. The molecular formula is C8H9NO3. The molecule has 12 heavy (non-hydrogen) atoms. The molecule has 0 amide bonds. The predicted molar refractivity (Wildman–Crippen MR) is 40.0 cm³/mol. The van der Waals surface area contributed by atoms with Gasteiger partial charge >= 0.3 is 5.97 Å². The lowest BCUT2D eigenvalue weighted by atomic mass is 10.3. The zero-order valence-electron chi connectivity index (χ0n) is 6.65. The molecule has 2 rings (SSSR count). The molecule has 1 fully saturated rings. The third-order valence-corrected chi connectivity index (χ3v) is 2.17. The quantitative estimate of drug-likeness (QED) is 0.724. The van der Waals surface area contributed by atoms with Crippen LogP contribution in [0.4, 0.5) is 0 Å². The number of nitrogens with zero attached hydrogens (tertiary/aromatic N) is 1. The summed E-state index contributed by atoms with van der Waals surface area (Å²) in [5.41, 5.74) is 0.00380. The highest BCUT2D eigenvalue weighted by atomic mass is 16.4. The lowest BCUT2D eigenvalue weighted by Crippen LogP contribution is -1.96. The summed E-state index contributed by atoms with van der Waals surface area (Å²) >= 11 is 0. The van der Waals surface area contributed by atoms with Gasteiger partial charge in [0.2, 0.25) is 0 Å². The smallest absolute Gasteiger partial charge is 0.357 e. The Labute approximate surface area is 69.2 Å². The van der Waals surface area contributed by atoms with Crippen LogP contribution in [0.1, 0.15) is 35.6 Å². The van der Waals surface area contributed by atoms with Crippen molar-refractivity contribution < 1.29 is 14.3 Å². The van der Waals surface area contributed by atoms with E-state index in [0.29, 0.717) is 17.7 Å². The van der Waals surface area contributed by atoms with Gasteiger partial charge in [0.15, 0.2) is 11.6 Å². The first kappa shape index (κ1) is 7.34. The number of aromatic nitrogens is 1. The van der Waals surface area contributed by atoms with E-state index in [1.54, 1.807) is 0 Å². The number of carboxylic acid groups (broad SMARTS) is 1. The van der Waals surface area contributed by atoms with E-state index in [4.69, 9.17) is 9.52 Å². The van der Waals surface area contributed by atoms with Gasteiger partial charge in [-0.05, 0) is 12.3 Å². The molecule has 64 valence electrons. The van der Waals surface area contributed by atoms with E-state index in [2.05, 4.69) is 11.9 Å². The number of carboxylic acids is 1. The van der Waals surface area contributed by atoms with Crippen molar-refractivity contribution in [1.29, 1.82) is 0 Å². The molecule has 0 saturated heterocycles. The Kier molecular flexibility index (Phi) is 1.43. The van der Waals surface area contributed by atoms with Crippen LogP contribution in [0.5, 0.6) is 0 Å². The molecule has 0 radical (unpaired) electrons. The van der Waals surface area contributed by atoms with Crippen LogP contribution in [0.3, 0.4) is 0 Å². The van der Waals surface area contributed by atoms with Gasteiger partial charge in [0.1, 0.15) is 6.26 Å². The molecule has 1 aromatic rings. The van der Waals surface area contributed by atoms with Gasteiger partial charge in [-0.15, -0.1) is 0 Å². The number of hydrogen-bond acceptors (Lipinski definition) is 3. The van der Waals surface area contributed by atoms with Crippen molar-refractivity contribution in [1.82, 2.24) is 4.98 Å². The number of aromatic carboxylic acids is 1. The summed E-state index contributed by atoms with van der Waals surface area (Å²) in [6, 6.07) is 0. The summed E-state index contributed by atoms with van der Waals surface area (Å²) in [6.07, 6.45) is 2.25. The Morgan fingerprint density at radius 2 is 2.50 bits per heavy atom. The molecule has 2 atom stereocenters. The second-order valence-electron chi connectivity index (χ2n) is 3.20. The Hall–Kier alpha value is -1.32. The van der Waals surface area contributed by atoms with Crippen molar-refractivity contribution in [2.24, 2.45) is 5.92 Å². The predicted octanol–water partition coefficient (Wildman–Crippen LogP) is 1.50. The number of oxazole rings is 1. The molecule has 1 heterocycles. The first-order valence-corrected chi connectivity index (χ1v) is 3.87. The third-order valence-electron chi connectivity index (χ3n) is 2.17. The van der Waals surface area contributed by atoms with Gasteiger partial charge < -0.3 is 9.52 Å². The Balaban J connectivity index is 2.19. The van der Waals surface area contributed by atoms with Crippen molar-refractivity contribution in [3.8, 4) is 0 Å². The van der Waals surface area contributed by atoms with Gasteiger partial charge in [-0.2, -0.15) is 0 Å². The van der Waals surface area contributed by atoms with E-state index in [1.807, 2.05) is 0 Å². The molecule has 0 aromatic carbocycles. The standard InChI is InChI=1S/C8H9NO3/c1-4-2-5(4)7-9-6(3-12-7)8(10)11/h3-5H,2H2,1H3,(H,10,11). The lowest BCUT2D eigenvalue weighted by Gasteiger charge is -1.85. The largest absolute Gasteiger partial charge is 0.476 e. The van der Waals surface area contributed by atoms with Crippen LogP contribution in [-0.2, 0) is 0 Å². The highest BCUT2D eigenvalue weighted by Gasteiger charge is 2.38. The van der Waals surface area contributed by atoms with Gasteiger partial charge in [-0.25, -0.2) is 9.78 Å². The molecular weight excluding hydrogens is 158 g/mol. The fourth-order valence-corrected chi connectivity index (χ4v) is 1.22. The summed E-state index contributed by atoms with van der Waals surface area (Å²) in [4.78, 5) is 14.3. The maximum atomic E-state index is 10.4. The summed E-state index contributed by atoms with van der Waals surface area (Å²) in [7, 11) is 0. The summed E-state index contributed by atoms with van der Waals surface area (Å²) in [6.45, 7) is 2.09. The Bertz CT molecular complexity index is 318. The Morgan fingerprint density at radius 3 is 2.92 bits per heavy atom. The highest BCUT2D eigenvalue weighted by molar-refractivity contribution is 5.84. The highest BCUT2D eigenvalue weighted by Crippen LogP contribution is 2.46. The van der Waals surface area contributed by atoms with Crippen LogP contribution in [-0.4, -0.2) is 16.1 Å². The first-order valence-electron chi connectivity index (χ1n) is 3.87. The second kappa shape index (κ2) is 2.33. The maximum Gasteiger partial charge on any atom is 0.357 e. The Morgan fingerprint density at radius 1 is 1.83 bits per heavy atom. The van der Waals surface area contributed by atoms with E-state index in [9.17, 15) is 4.79 Å². The van der Waals surface area contributed by atoms with Gasteiger partial charge in [0.25, 0.3) is 0 Å². The van der Waals surface area contributed by atoms with Crippen molar-refractivity contribution in [2.75, 3.05) is 0 Å². The molecule has 4 heteroatoms. The van der Waals surface area contributed by atoms with E-state index in [0.717, 1.165) is 6.42 Å².